The molecule has 10 heteroatoms. The monoisotopic (exact) mass is 462 g/mol. The number of nitrogens with one attached hydrogen (secondary N) is 1. The first-order valence-corrected chi connectivity index (χ1v) is 10.8. The summed E-state index contributed by atoms with van der Waals surface area (Å²) in [5.74, 6) is -1.17. The molecule has 0 saturated carbocycles. The van der Waals surface area contributed by atoms with Crippen LogP contribution >= 0.6 is 0 Å². The summed E-state index contributed by atoms with van der Waals surface area (Å²) in [5.41, 5.74) is 1.22. The number of aromatic nitrogens is 1. The largest absolute Gasteiger partial charge is 0.491 e. The van der Waals surface area contributed by atoms with Crippen LogP contribution in [0.5, 0.6) is 11.5 Å². The molecule has 0 aliphatic carbocycles. The van der Waals surface area contributed by atoms with Gasteiger partial charge in [-0.3, -0.25) is 4.79 Å². The molecule has 0 fully saturated rings. The number of fused-ring (bicyclic) bond motifs is 1. The Hall–Kier alpha value is -3.56. The van der Waals surface area contributed by atoms with Gasteiger partial charge in [0.1, 0.15) is 17.1 Å². The Morgan fingerprint density at radius 1 is 0.939 bits per heavy atom. The molecule has 0 saturated heterocycles. The van der Waals surface area contributed by atoms with Crippen LogP contribution in [0.4, 0.5) is 5.69 Å². The standard InChI is InChI=1S/C23H30N2O8/c1-7-30-17(26)12-14-18-15(11-16(25-18)23(28)33-10-4)20(31-8-2)21(29-6)19(14)24-13(5)22(27)32-9-3/h11,25H,7-10,12H2,1-6H3/b24-13+. The normalized spacial score (nSPS) is 11.3. The Morgan fingerprint density at radius 3 is 2.18 bits per heavy atom. The average molecular weight is 462 g/mol. The van der Waals surface area contributed by atoms with Crippen LogP contribution in [-0.4, -0.2) is 62.1 Å². The molecule has 0 atom stereocenters. The molecule has 0 amide bonds. The molecule has 2 rings (SSSR count). The quantitative estimate of drug-likeness (QED) is 0.305. The average Bonchev–Trinajstić information content (AvgIpc) is 3.22. The number of benzene rings is 1. The molecule has 1 heterocycles. The second-order valence-electron chi connectivity index (χ2n) is 6.71. The van der Waals surface area contributed by atoms with Crippen molar-refractivity contribution in [3.8, 4) is 11.5 Å². The van der Waals surface area contributed by atoms with Crippen LogP contribution in [0.3, 0.4) is 0 Å². The van der Waals surface area contributed by atoms with Crippen molar-refractivity contribution in [1.29, 1.82) is 0 Å². The van der Waals surface area contributed by atoms with Gasteiger partial charge in [-0.1, -0.05) is 0 Å². The summed E-state index contributed by atoms with van der Waals surface area (Å²) in [5, 5.41) is 0.504. The van der Waals surface area contributed by atoms with Gasteiger partial charge in [0, 0.05) is 10.9 Å². The fourth-order valence-corrected chi connectivity index (χ4v) is 3.25. The molecule has 0 aliphatic heterocycles. The van der Waals surface area contributed by atoms with E-state index in [0.29, 0.717) is 28.8 Å². The van der Waals surface area contributed by atoms with Gasteiger partial charge in [0.15, 0.2) is 11.5 Å². The van der Waals surface area contributed by atoms with E-state index in [1.165, 1.54) is 14.0 Å². The Balaban J connectivity index is 2.90. The molecule has 0 unspecified atom stereocenters. The number of ether oxygens (including phenoxy) is 5. The number of aromatic amines is 1. The first-order chi connectivity index (χ1) is 15.8. The van der Waals surface area contributed by atoms with E-state index < -0.39 is 17.9 Å². The molecule has 1 aromatic carbocycles. The first kappa shape index (κ1) is 25.7. The van der Waals surface area contributed by atoms with Crippen molar-refractivity contribution in [1.82, 2.24) is 4.98 Å². The van der Waals surface area contributed by atoms with Crippen LogP contribution in [0.2, 0.25) is 0 Å². The second kappa shape index (κ2) is 11.9. The molecule has 1 N–H and O–H groups in total. The van der Waals surface area contributed by atoms with E-state index in [4.69, 9.17) is 23.7 Å². The number of hydrogen-bond acceptors (Lipinski definition) is 9. The van der Waals surface area contributed by atoms with E-state index in [1.54, 1.807) is 33.8 Å². The maximum atomic E-state index is 12.4. The second-order valence-corrected chi connectivity index (χ2v) is 6.71. The third-order valence-electron chi connectivity index (χ3n) is 4.54. The number of H-pyrrole nitrogens is 1. The number of aliphatic imine (C=N–C) groups is 1. The van der Waals surface area contributed by atoms with Crippen molar-refractivity contribution in [2.24, 2.45) is 4.99 Å². The highest BCUT2D eigenvalue weighted by atomic mass is 16.5. The molecule has 0 bridgehead atoms. The van der Waals surface area contributed by atoms with Gasteiger partial charge in [-0.25, -0.2) is 14.6 Å². The highest BCUT2D eigenvalue weighted by Crippen LogP contribution is 2.47. The third kappa shape index (κ3) is 5.82. The molecule has 2 aromatic rings. The maximum absolute atomic E-state index is 12.4. The lowest BCUT2D eigenvalue weighted by molar-refractivity contribution is -0.142. The van der Waals surface area contributed by atoms with Crippen molar-refractivity contribution < 1.29 is 38.1 Å². The minimum absolute atomic E-state index is 0.0548. The summed E-state index contributed by atoms with van der Waals surface area (Å²) in [6.07, 6.45) is -0.190. The SMILES string of the molecule is CCOC(=O)Cc1c(/N=C(\C)C(=O)OCC)c(OC)c(OCC)c2cc(C(=O)OCC)[nH]c12. The van der Waals surface area contributed by atoms with Gasteiger partial charge >= 0.3 is 17.9 Å². The van der Waals surface area contributed by atoms with Gasteiger partial charge in [0.2, 0.25) is 0 Å². The number of carbonyl (C=O) groups excluding carboxylic acids is 3. The van der Waals surface area contributed by atoms with Crippen molar-refractivity contribution in [3.05, 3.63) is 17.3 Å². The molecule has 0 radical (unpaired) electrons. The molecule has 0 spiro atoms. The van der Waals surface area contributed by atoms with Crippen LogP contribution in [0.15, 0.2) is 11.1 Å². The third-order valence-corrected chi connectivity index (χ3v) is 4.54. The molecular formula is C23H30N2O8. The van der Waals surface area contributed by atoms with E-state index in [-0.39, 0.29) is 49.1 Å². The molecule has 33 heavy (non-hydrogen) atoms. The Kier molecular flexibility index (Phi) is 9.26. The summed E-state index contributed by atoms with van der Waals surface area (Å²) < 4.78 is 26.7. The van der Waals surface area contributed by atoms with Crippen LogP contribution in [0.1, 0.15) is 50.7 Å². The number of rotatable bonds is 11. The minimum atomic E-state index is -0.613. The number of hydrogen-bond donors (Lipinski definition) is 1. The van der Waals surface area contributed by atoms with E-state index in [0.717, 1.165) is 0 Å². The van der Waals surface area contributed by atoms with E-state index in [1.807, 2.05) is 0 Å². The number of esters is 3. The minimum Gasteiger partial charge on any atom is -0.491 e. The predicted molar refractivity (Wildman–Crippen MR) is 122 cm³/mol. The zero-order valence-electron chi connectivity index (χ0n) is 19.8. The molecule has 1 aromatic heterocycles. The van der Waals surface area contributed by atoms with Crippen LogP contribution in [-0.2, 0) is 30.2 Å². The van der Waals surface area contributed by atoms with Crippen molar-refractivity contribution in [2.75, 3.05) is 33.5 Å². The van der Waals surface area contributed by atoms with Gasteiger partial charge in [-0.05, 0) is 40.7 Å². The van der Waals surface area contributed by atoms with E-state index >= 15 is 0 Å². The number of methoxy groups -OCH3 is 1. The van der Waals surface area contributed by atoms with E-state index in [9.17, 15) is 14.4 Å². The lowest BCUT2D eigenvalue weighted by Gasteiger charge is -2.17. The Bertz CT molecular complexity index is 1050. The van der Waals surface area contributed by atoms with Gasteiger partial charge in [0.25, 0.3) is 0 Å². The predicted octanol–water partition coefficient (Wildman–Crippen LogP) is 3.51. The zero-order valence-corrected chi connectivity index (χ0v) is 19.8. The van der Waals surface area contributed by atoms with E-state index in [2.05, 4.69) is 9.98 Å². The summed E-state index contributed by atoms with van der Waals surface area (Å²) in [7, 11) is 1.43. The molecule has 0 aliphatic rings. The first-order valence-electron chi connectivity index (χ1n) is 10.8. The van der Waals surface area contributed by atoms with Gasteiger partial charge < -0.3 is 28.7 Å². The fourth-order valence-electron chi connectivity index (χ4n) is 3.25. The Morgan fingerprint density at radius 2 is 1.61 bits per heavy atom. The summed E-state index contributed by atoms with van der Waals surface area (Å²) in [4.78, 5) is 44.5. The van der Waals surface area contributed by atoms with Gasteiger partial charge in [0.05, 0.1) is 45.5 Å². The number of nitrogens with zero attached hydrogens (tertiary/aromatic N) is 1. The molecular weight excluding hydrogens is 432 g/mol. The molecule has 10 nitrogen and oxygen atoms in total. The highest BCUT2D eigenvalue weighted by Gasteiger charge is 2.27. The van der Waals surface area contributed by atoms with Crippen LogP contribution in [0.25, 0.3) is 10.9 Å². The Labute approximate surface area is 192 Å². The zero-order chi connectivity index (χ0) is 24.5. The summed E-state index contributed by atoms with van der Waals surface area (Å²) >= 11 is 0. The van der Waals surface area contributed by atoms with Crippen molar-refractivity contribution in [3.63, 3.8) is 0 Å². The lowest BCUT2D eigenvalue weighted by Crippen LogP contribution is -2.14. The van der Waals surface area contributed by atoms with Gasteiger partial charge in [-0.15, -0.1) is 0 Å². The van der Waals surface area contributed by atoms with Crippen molar-refractivity contribution >= 4 is 40.2 Å². The smallest absolute Gasteiger partial charge is 0.354 e. The maximum Gasteiger partial charge on any atom is 0.354 e. The topological polar surface area (TPSA) is 126 Å². The van der Waals surface area contributed by atoms with Crippen molar-refractivity contribution in [2.45, 2.75) is 41.0 Å². The summed E-state index contributed by atoms with van der Waals surface area (Å²) in [6.45, 7) is 9.24. The van der Waals surface area contributed by atoms with Gasteiger partial charge in [-0.2, -0.15) is 0 Å². The summed E-state index contributed by atoms with van der Waals surface area (Å²) in [6, 6.07) is 1.57. The van der Waals surface area contributed by atoms with Crippen LogP contribution in [0, 0.1) is 0 Å². The number of carbonyl (C=O) groups is 3. The van der Waals surface area contributed by atoms with Crippen LogP contribution < -0.4 is 9.47 Å². The lowest BCUT2D eigenvalue weighted by atomic mass is 10.0. The highest BCUT2D eigenvalue weighted by molar-refractivity contribution is 6.36. The molecule has 180 valence electrons. The fraction of sp³-hybridized carbons (Fsp3) is 0.478.